The summed E-state index contributed by atoms with van der Waals surface area (Å²) in [5.74, 6) is -0.858. The number of carbonyl (C=O) groups excluding carboxylic acids is 1. The molecule has 0 fully saturated rings. The summed E-state index contributed by atoms with van der Waals surface area (Å²) in [4.78, 5) is 46.1. The summed E-state index contributed by atoms with van der Waals surface area (Å²) in [6, 6.07) is 8.96. The topological polar surface area (TPSA) is 114 Å². The van der Waals surface area contributed by atoms with Gasteiger partial charge in [-0.25, -0.2) is 9.78 Å². The van der Waals surface area contributed by atoms with Crippen molar-refractivity contribution in [3.63, 3.8) is 0 Å². The molecule has 1 amide bonds. The molecule has 0 saturated carbocycles. The predicted molar refractivity (Wildman–Crippen MR) is 127 cm³/mol. The van der Waals surface area contributed by atoms with Crippen molar-refractivity contribution in [1.29, 1.82) is 0 Å². The highest BCUT2D eigenvalue weighted by atomic mass is 35.5. The van der Waals surface area contributed by atoms with E-state index in [1.54, 1.807) is 24.3 Å². The molecular formula is C21H20Cl3N5O3. The predicted octanol–water partition coefficient (Wildman–Crippen LogP) is 4.12. The van der Waals surface area contributed by atoms with Crippen LogP contribution in [0.15, 0.2) is 46.1 Å². The lowest BCUT2D eigenvalue weighted by molar-refractivity contribution is 0.0980. The average Bonchev–Trinajstić information content (AvgIpc) is 2.77. The first kappa shape index (κ1) is 23.8. The Balaban J connectivity index is 2.21. The number of rotatable bonds is 7. The summed E-state index contributed by atoms with van der Waals surface area (Å²) in [6.07, 6.45) is 2.65. The van der Waals surface area contributed by atoms with E-state index < -0.39 is 17.2 Å². The zero-order chi connectivity index (χ0) is 23.4. The maximum Gasteiger partial charge on any atom is 0.330 e. The molecule has 1 aromatic carbocycles. The van der Waals surface area contributed by atoms with Crippen LogP contribution in [0.25, 0.3) is 0 Å². The largest absolute Gasteiger partial charge is 0.383 e. The average molecular weight is 497 g/mol. The number of nitrogens with two attached hydrogens (primary N) is 1. The number of pyridine rings is 1. The standard InChI is InChI=1S/C21H20Cl3N5O3/c1-2-3-9-28-18(25)17(19(30)27-21(28)32)29(11-12-7-5-4-6-8-12)20(31)16-15(24)14(23)13(22)10-26-16/h4-8,10H,2-3,9,11,25H2,1H3,(H,27,30,32). The van der Waals surface area contributed by atoms with Gasteiger partial charge >= 0.3 is 5.69 Å². The molecule has 0 aliphatic carbocycles. The molecule has 0 saturated heterocycles. The third kappa shape index (κ3) is 4.82. The minimum Gasteiger partial charge on any atom is -0.383 e. The number of nitrogen functional groups attached to an aromatic ring is 1. The van der Waals surface area contributed by atoms with Crippen LogP contribution in [-0.2, 0) is 13.1 Å². The SMILES string of the molecule is CCCCn1c(N)c(N(Cc2ccccc2)C(=O)c2ncc(Cl)c(Cl)c2Cl)c(=O)[nH]c1=O. The van der Waals surface area contributed by atoms with E-state index in [1.807, 2.05) is 13.0 Å². The van der Waals surface area contributed by atoms with E-state index in [1.165, 1.54) is 10.8 Å². The Hall–Kier alpha value is -2.81. The number of aromatic amines is 1. The van der Waals surface area contributed by atoms with Gasteiger partial charge in [-0.15, -0.1) is 0 Å². The Kier molecular flexibility index (Phi) is 7.60. The second-order valence-electron chi connectivity index (χ2n) is 6.96. The van der Waals surface area contributed by atoms with Crippen LogP contribution in [0.5, 0.6) is 0 Å². The molecule has 3 aromatic rings. The highest BCUT2D eigenvalue weighted by molar-refractivity contribution is 6.49. The molecule has 2 aromatic heterocycles. The van der Waals surface area contributed by atoms with Gasteiger partial charge in [0.1, 0.15) is 11.5 Å². The molecule has 0 unspecified atom stereocenters. The third-order valence-corrected chi connectivity index (χ3v) is 6.01. The summed E-state index contributed by atoms with van der Waals surface area (Å²) < 4.78 is 1.23. The zero-order valence-corrected chi connectivity index (χ0v) is 19.3. The van der Waals surface area contributed by atoms with Crippen molar-refractivity contribution < 1.29 is 4.79 Å². The van der Waals surface area contributed by atoms with Crippen LogP contribution in [0.1, 0.15) is 35.8 Å². The first-order valence-electron chi connectivity index (χ1n) is 9.74. The summed E-state index contributed by atoms with van der Waals surface area (Å²) in [6.45, 7) is 2.21. The number of benzene rings is 1. The number of nitrogens with one attached hydrogen (secondary N) is 1. The third-order valence-electron chi connectivity index (χ3n) is 4.77. The van der Waals surface area contributed by atoms with Crippen molar-refractivity contribution in [2.24, 2.45) is 0 Å². The van der Waals surface area contributed by atoms with E-state index in [-0.39, 0.29) is 45.4 Å². The number of amides is 1. The number of halogens is 3. The Morgan fingerprint density at radius 3 is 2.50 bits per heavy atom. The van der Waals surface area contributed by atoms with Crippen molar-refractivity contribution >= 4 is 52.2 Å². The van der Waals surface area contributed by atoms with E-state index in [2.05, 4.69) is 9.97 Å². The van der Waals surface area contributed by atoms with Crippen molar-refractivity contribution in [1.82, 2.24) is 14.5 Å². The van der Waals surface area contributed by atoms with Crippen LogP contribution in [-0.4, -0.2) is 20.4 Å². The Morgan fingerprint density at radius 2 is 1.84 bits per heavy atom. The maximum atomic E-state index is 13.5. The molecule has 2 heterocycles. The summed E-state index contributed by atoms with van der Waals surface area (Å²) in [5.41, 5.74) is 5.10. The molecule has 3 rings (SSSR count). The molecule has 11 heteroatoms. The van der Waals surface area contributed by atoms with E-state index >= 15 is 0 Å². The van der Waals surface area contributed by atoms with Gasteiger partial charge in [0.05, 0.1) is 21.6 Å². The van der Waals surface area contributed by atoms with Gasteiger partial charge in [0.2, 0.25) is 0 Å². The van der Waals surface area contributed by atoms with E-state index in [4.69, 9.17) is 40.5 Å². The van der Waals surface area contributed by atoms with Crippen LogP contribution in [0.3, 0.4) is 0 Å². The Morgan fingerprint density at radius 1 is 1.16 bits per heavy atom. The molecule has 0 bridgehead atoms. The summed E-state index contributed by atoms with van der Waals surface area (Å²) >= 11 is 18.3. The summed E-state index contributed by atoms with van der Waals surface area (Å²) in [7, 11) is 0. The van der Waals surface area contributed by atoms with Crippen LogP contribution >= 0.6 is 34.8 Å². The number of aromatic nitrogens is 3. The molecule has 0 aliphatic heterocycles. The number of unbranched alkanes of at least 4 members (excludes halogenated alkanes) is 1. The zero-order valence-electron chi connectivity index (χ0n) is 17.1. The van der Waals surface area contributed by atoms with E-state index in [0.29, 0.717) is 12.0 Å². The molecule has 8 nitrogen and oxygen atoms in total. The van der Waals surface area contributed by atoms with Gasteiger partial charge in [-0.1, -0.05) is 78.5 Å². The van der Waals surface area contributed by atoms with Gasteiger partial charge in [0, 0.05) is 12.7 Å². The fourth-order valence-corrected chi connectivity index (χ4v) is 3.68. The maximum absolute atomic E-state index is 13.5. The van der Waals surface area contributed by atoms with Gasteiger partial charge in [0.15, 0.2) is 5.69 Å². The molecule has 168 valence electrons. The van der Waals surface area contributed by atoms with Gasteiger partial charge in [0.25, 0.3) is 11.5 Å². The van der Waals surface area contributed by atoms with Gasteiger partial charge in [-0.3, -0.25) is 24.0 Å². The van der Waals surface area contributed by atoms with Crippen molar-refractivity contribution in [3.8, 4) is 0 Å². The Labute approximate surface area is 198 Å². The van der Waals surface area contributed by atoms with E-state index in [9.17, 15) is 14.4 Å². The number of H-pyrrole nitrogens is 1. The molecule has 0 radical (unpaired) electrons. The number of carbonyl (C=O) groups is 1. The quantitative estimate of drug-likeness (QED) is 0.511. The number of nitrogens with zero attached hydrogens (tertiary/aromatic N) is 3. The highest BCUT2D eigenvalue weighted by Crippen LogP contribution is 2.33. The van der Waals surface area contributed by atoms with E-state index in [0.717, 1.165) is 11.3 Å². The second-order valence-corrected chi connectivity index (χ2v) is 8.12. The molecule has 3 N–H and O–H groups in total. The van der Waals surface area contributed by atoms with Crippen LogP contribution in [0.2, 0.25) is 15.1 Å². The normalized spacial score (nSPS) is 10.9. The van der Waals surface area contributed by atoms with Gasteiger partial charge in [-0.2, -0.15) is 0 Å². The first-order chi connectivity index (χ1) is 15.3. The van der Waals surface area contributed by atoms with Crippen LogP contribution in [0, 0.1) is 0 Å². The van der Waals surface area contributed by atoms with Crippen LogP contribution < -0.4 is 21.9 Å². The fraction of sp³-hybridized carbons (Fsp3) is 0.238. The second kappa shape index (κ2) is 10.2. The molecular weight excluding hydrogens is 477 g/mol. The number of anilines is 2. The summed E-state index contributed by atoms with van der Waals surface area (Å²) in [5, 5.41) is -0.119. The first-order valence-corrected chi connectivity index (χ1v) is 10.9. The van der Waals surface area contributed by atoms with Gasteiger partial charge in [-0.05, 0) is 12.0 Å². The lowest BCUT2D eigenvalue weighted by atomic mass is 10.2. The minimum atomic E-state index is -0.805. The number of hydrogen-bond donors (Lipinski definition) is 2. The minimum absolute atomic E-state index is 0.0306. The Bertz CT molecular complexity index is 1260. The lowest BCUT2D eigenvalue weighted by Crippen LogP contribution is -2.41. The molecule has 32 heavy (non-hydrogen) atoms. The lowest BCUT2D eigenvalue weighted by Gasteiger charge is -2.25. The smallest absolute Gasteiger partial charge is 0.330 e. The highest BCUT2D eigenvalue weighted by Gasteiger charge is 2.29. The monoisotopic (exact) mass is 495 g/mol. The van der Waals surface area contributed by atoms with Crippen LogP contribution in [0.4, 0.5) is 11.5 Å². The molecule has 0 spiro atoms. The number of hydrogen-bond acceptors (Lipinski definition) is 5. The molecule has 0 aliphatic rings. The van der Waals surface area contributed by atoms with Crippen molar-refractivity contribution in [2.75, 3.05) is 10.6 Å². The van der Waals surface area contributed by atoms with Crippen molar-refractivity contribution in [2.45, 2.75) is 32.9 Å². The van der Waals surface area contributed by atoms with Crippen molar-refractivity contribution in [3.05, 3.63) is 83.7 Å². The fourth-order valence-electron chi connectivity index (χ4n) is 3.12. The molecule has 0 atom stereocenters. The van der Waals surface area contributed by atoms with Gasteiger partial charge < -0.3 is 5.73 Å².